The summed E-state index contributed by atoms with van der Waals surface area (Å²) in [6, 6.07) is 0. The van der Waals surface area contributed by atoms with Crippen LogP contribution in [0, 0.1) is 0 Å². The van der Waals surface area contributed by atoms with Crippen LogP contribution in [0.3, 0.4) is 0 Å². The SMILES string of the molecule is C=C(C)C(=O)Oc1cnccn1.Cl.Cl. The lowest BCUT2D eigenvalue weighted by atomic mass is 10.4. The molecule has 0 aliphatic carbocycles. The standard InChI is InChI=1S/C8H8N2O2.2ClH/c1-6(2)8(11)12-7-5-9-3-4-10-7;;/h3-5H,1H2,2H3;2*1H. The third kappa shape index (κ3) is 4.79. The van der Waals surface area contributed by atoms with E-state index >= 15 is 0 Å². The highest BCUT2D eigenvalue weighted by molar-refractivity contribution is 5.88. The van der Waals surface area contributed by atoms with Crippen molar-refractivity contribution in [2.45, 2.75) is 6.92 Å². The minimum atomic E-state index is -0.490. The molecule has 0 unspecified atom stereocenters. The van der Waals surface area contributed by atoms with Gasteiger partial charge in [0.15, 0.2) is 0 Å². The lowest BCUT2D eigenvalue weighted by molar-refractivity contribution is -0.130. The van der Waals surface area contributed by atoms with Crippen molar-refractivity contribution in [3.05, 3.63) is 30.7 Å². The van der Waals surface area contributed by atoms with Crippen LogP contribution in [0.5, 0.6) is 5.88 Å². The van der Waals surface area contributed by atoms with E-state index in [1.165, 1.54) is 18.6 Å². The first-order valence-corrected chi connectivity index (χ1v) is 3.34. The second-order valence-electron chi connectivity index (χ2n) is 2.21. The van der Waals surface area contributed by atoms with E-state index in [-0.39, 0.29) is 30.7 Å². The normalized spacial score (nSPS) is 7.79. The van der Waals surface area contributed by atoms with Gasteiger partial charge in [-0.1, -0.05) is 6.58 Å². The van der Waals surface area contributed by atoms with Crippen molar-refractivity contribution in [2.24, 2.45) is 0 Å². The molecule has 0 saturated heterocycles. The highest BCUT2D eigenvalue weighted by Gasteiger charge is 2.04. The van der Waals surface area contributed by atoms with Gasteiger partial charge >= 0.3 is 5.97 Å². The summed E-state index contributed by atoms with van der Waals surface area (Å²) >= 11 is 0. The number of rotatable bonds is 2. The molecule has 0 amide bonds. The zero-order chi connectivity index (χ0) is 8.97. The number of hydrogen-bond acceptors (Lipinski definition) is 4. The highest BCUT2D eigenvalue weighted by atomic mass is 35.5. The van der Waals surface area contributed by atoms with Gasteiger partial charge in [-0.15, -0.1) is 24.8 Å². The average Bonchev–Trinajstić information content (AvgIpc) is 2.06. The third-order valence-corrected chi connectivity index (χ3v) is 1.09. The molecule has 0 saturated carbocycles. The fourth-order valence-corrected chi connectivity index (χ4v) is 0.520. The molecule has 1 aromatic heterocycles. The molecule has 14 heavy (non-hydrogen) atoms. The summed E-state index contributed by atoms with van der Waals surface area (Å²) < 4.78 is 4.76. The summed E-state index contributed by atoms with van der Waals surface area (Å²) in [7, 11) is 0. The molecular weight excluding hydrogens is 227 g/mol. The van der Waals surface area contributed by atoms with Crippen LogP contribution in [0.4, 0.5) is 0 Å². The Balaban J connectivity index is 0. The monoisotopic (exact) mass is 236 g/mol. The summed E-state index contributed by atoms with van der Waals surface area (Å²) in [5, 5.41) is 0. The van der Waals surface area contributed by atoms with Gasteiger partial charge in [-0.3, -0.25) is 4.98 Å². The van der Waals surface area contributed by atoms with E-state index in [2.05, 4.69) is 16.5 Å². The van der Waals surface area contributed by atoms with Crippen LogP contribution in [0.2, 0.25) is 0 Å². The molecule has 0 aliphatic heterocycles. The van der Waals surface area contributed by atoms with Crippen molar-refractivity contribution in [3.8, 4) is 5.88 Å². The van der Waals surface area contributed by atoms with E-state index < -0.39 is 5.97 Å². The maximum absolute atomic E-state index is 10.9. The molecule has 0 N–H and O–H groups in total. The van der Waals surface area contributed by atoms with Gasteiger partial charge in [-0.05, 0) is 6.92 Å². The van der Waals surface area contributed by atoms with Crippen molar-refractivity contribution in [3.63, 3.8) is 0 Å². The van der Waals surface area contributed by atoms with Gasteiger partial charge in [0, 0.05) is 18.0 Å². The maximum atomic E-state index is 10.9. The van der Waals surface area contributed by atoms with Crippen LogP contribution in [0.15, 0.2) is 30.7 Å². The first-order valence-electron chi connectivity index (χ1n) is 3.34. The molecule has 4 nitrogen and oxygen atoms in total. The number of carbonyl (C=O) groups is 1. The Kier molecular flexibility index (Phi) is 7.99. The van der Waals surface area contributed by atoms with Crippen molar-refractivity contribution in [1.82, 2.24) is 9.97 Å². The molecule has 0 aromatic carbocycles. The Labute approximate surface area is 94.2 Å². The summed E-state index contributed by atoms with van der Waals surface area (Å²) in [6.45, 7) is 5.00. The number of halogens is 2. The van der Waals surface area contributed by atoms with Crippen molar-refractivity contribution in [2.75, 3.05) is 0 Å². The maximum Gasteiger partial charge on any atom is 0.339 e. The fraction of sp³-hybridized carbons (Fsp3) is 0.125. The van der Waals surface area contributed by atoms with Gasteiger partial charge in [0.25, 0.3) is 0 Å². The van der Waals surface area contributed by atoms with E-state index in [4.69, 9.17) is 4.74 Å². The zero-order valence-electron chi connectivity index (χ0n) is 7.47. The second kappa shape index (κ2) is 7.29. The van der Waals surface area contributed by atoms with Crippen LogP contribution in [0.25, 0.3) is 0 Å². The molecule has 6 heteroatoms. The molecule has 0 radical (unpaired) electrons. The van der Waals surface area contributed by atoms with Crippen molar-refractivity contribution < 1.29 is 9.53 Å². The van der Waals surface area contributed by atoms with E-state index in [1.54, 1.807) is 6.92 Å². The first-order chi connectivity index (χ1) is 5.70. The number of carbonyl (C=O) groups excluding carboxylic acids is 1. The van der Waals surface area contributed by atoms with Gasteiger partial charge in [-0.2, -0.15) is 0 Å². The quantitative estimate of drug-likeness (QED) is 0.581. The van der Waals surface area contributed by atoms with E-state index in [0.29, 0.717) is 5.57 Å². The van der Waals surface area contributed by atoms with Crippen LogP contribution >= 0.6 is 24.8 Å². The lowest BCUT2D eigenvalue weighted by Crippen LogP contribution is -2.09. The van der Waals surface area contributed by atoms with Crippen LogP contribution in [-0.4, -0.2) is 15.9 Å². The molecular formula is C8H10Cl2N2O2. The molecule has 1 aromatic rings. The van der Waals surface area contributed by atoms with Gasteiger partial charge in [0.2, 0.25) is 5.88 Å². The topological polar surface area (TPSA) is 52.1 Å². The smallest absolute Gasteiger partial charge is 0.339 e. The van der Waals surface area contributed by atoms with E-state index in [9.17, 15) is 4.79 Å². The summed E-state index contributed by atoms with van der Waals surface area (Å²) in [6.07, 6.45) is 4.31. The van der Waals surface area contributed by atoms with Crippen LogP contribution in [0.1, 0.15) is 6.92 Å². The number of aromatic nitrogens is 2. The van der Waals surface area contributed by atoms with Gasteiger partial charge in [-0.25, -0.2) is 9.78 Å². The third-order valence-electron chi connectivity index (χ3n) is 1.09. The summed E-state index contributed by atoms with van der Waals surface area (Å²) in [4.78, 5) is 18.4. The highest BCUT2D eigenvalue weighted by Crippen LogP contribution is 2.03. The molecule has 0 bridgehead atoms. The second-order valence-corrected chi connectivity index (χ2v) is 2.21. The van der Waals surface area contributed by atoms with E-state index in [0.717, 1.165) is 0 Å². The minimum Gasteiger partial charge on any atom is -0.402 e. The predicted molar refractivity (Wildman–Crippen MR) is 57.0 cm³/mol. The van der Waals surface area contributed by atoms with Crippen molar-refractivity contribution in [1.29, 1.82) is 0 Å². The predicted octanol–water partition coefficient (Wildman–Crippen LogP) is 1.80. The van der Waals surface area contributed by atoms with Crippen LogP contribution < -0.4 is 4.74 Å². The Morgan fingerprint density at radius 2 is 2.07 bits per heavy atom. The molecule has 0 fully saturated rings. The van der Waals surface area contributed by atoms with Gasteiger partial charge in [0.05, 0.1) is 6.20 Å². The molecule has 0 atom stereocenters. The zero-order valence-corrected chi connectivity index (χ0v) is 9.10. The molecule has 0 aliphatic rings. The van der Waals surface area contributed by atoms with E-state index in [1.807, 2.05) is 0 Å². The minimum absolute atomic E-state index is 0. The number of hydrogen-bond donors (Lipinski definition) is 0. The average molecular weight is 237 g/mol. The van der Waals surface area contributed by atoms with Crippen LogP contribution in [-0.2, 0) is 4.79 Å². The molecule has 1 heterocycles. The Bertz CT molecular complexity index is 303. The molecule has 1 rings (SSSR count). The Morgan fingerprint density at radius 3 is 2.50 bits per heavy atom. The largest absolute Gasteiger partial charge is 0.402 e. The lowest BCUT2D eigenvalue weighted by Gasteiger charge is -1.99. The fourth-order valence-electron chi connectivity index (χ4n) is 0.520. The number of esters is 1. The number of nitrogens with zero attached hydrogens (tertiary/aromatic N) is 2. The first kappa shape index (κ1) is 15.3. The molecule has 0 spiro atoms. The molecule has 78 valence electrons. The Morgan fingerprint density at radius 1 is 1.43 bits per heavy atom. The van der Waals surface area contributed by atoms with Crippen molar-refractivity contribution >= 4 is 30.8 Å². The van der Waals surface area contributed by atoms with Gasteiger partial charge < -0.3 is 4.74 Å². The number of ether oxygens (including phenoxy) is 1. The summed E-state index contributed by atoms with van der Waals surface area (Å²) in [5.41, 5.74) is 0.334. The summed E-state index contributed by atoms with van der Waals surface area (Å²) in [5.74, 6) is -0.305. The van der Waals surface area contributed by atoms with Gasteiger partial charge in [0.1, 0.15) is 0 Å². The Hall–Kier alpha value is -1.13.